The van der Waals surface area contributed by atoms with E-state index >= 15 is 0 Å². The second-order valence-corrected chi connectivity index (χ2v) is 9.27. The molecule has 1 aliphatic rings. The van der Waals surface area contributed by atoms with Gasteiger partial charge in [0.1, 0.15) is 5.82 Å². The fourth-order valence-electron chi connectivity index (χ4n) is 3.29. The first-order chi connectivity index (χ1) is 13.8. The maximum Gasteiger partial charge on any atom is 0.175 e. The third-order valence-electron chi connectivity index (χ3n) is 4.80. The molecular formula is C22H22N4O2S. The van der Waals surface area contributed by atoms with E-state index in [1.54, 1.807) is 24.4 Å². The molecule has 0 saturated carbocycles. The van der Waals surface area contributed by atoms with Crippen molar-refractivity contribution < 1.29 is 8.42 Å². The van der Waals surface area contributed by atoms with Gasteiger partial charge in [0.15, 0.2) is 9.84 Å². The zero-order valence-electron chi connectivity index (χ0n) is 16.5. The Labute approximate surface area is 170 Å². The minimum absolute atomic E-state index is 0.291. The van der Waals surface area contributed by atoms with Gasteiger partial charge in [0, 0.05) is 49.0 Å². The van der Waals surface area contributed by atoms with E-state index in [2.05, 4.69) is 22.4 Å². The molecule has 1 N–H and O–H groups in total. The summed E-state index contributed by atoms with van der Waals surface area (Å²) in [6.07, 6.45) is 3.00. The molecule has 29 heavy (non-hydrogen) atoms. The van der Waals surface area contributed by atoms with Crippen LogP contribution in [0.4, 0.5) is 17.2 Å². The molecule has 148 valence electrons. The number of aromatic nitrogens is 1. The van der Waals surface area contributed by atoms with E-state index in [1.807, 2.05) is 43.3 Å². The highest BCUT2D eigenvalue weighted by atomic mass is 32.2. The molecule has 2 aromatic carbocycles. The van der Waals surface area contributed by atoms with Crippen molar-refractivity contribution in [1.29, 1.82) is 0 Å². The van der Waals surface area contributed by atoms with E-state index in [0.29, 0.717) is 11.4 Å². The third kappa shape index (κ3) is 4.00. The van der Waals surface area contributed by atoms with Gasteiger partial charge in [-0.05, 0) is 48.0 Å². The van der Waals surface area contributed by atoms with E-state index in [4.69, 9.17) is 4.99 Å². The number of nitrogens with one attached hydrogen (secondary N) is 1. The second kappa shape index (κ2) is 7.33. The van der Waals surface area contributed by atoms with E-state index in [9.17, 15) is 8.42 Å². The summed E-state index contributed by atoms with van der Waals surface area (Å²) < 4.78 is 23.6. The molecule has 6 nitrogen and oxygen atoms in total. The molecule has 0 bridgehead atoms. The highest BCUT2D eigenvalue weighted by Crippen LogP contribution is 2.29. The number of anilines is 3. The summed E-state index contributed by atoms with van der Waals surface area (Å²) in [5.41, 5.74) is 5.82. The monoisotopic (exact) mass is 406 g/mol. The molecular weight excluding hydrogens is 384 g/mol. The highest BCUT2D eigenvalue weighted by Gasteiger charge is 2.19. The van der Waals surface area contributed by atoms with Gasteiger partial charge < -0.3 is 10.2 Å². The minimum Gasteiger partial charge on any atom is -0.363 e. The summed E-state index contributed by atoms with van der Waals surface area (Å²) in [4.78, 5) is 11.4. The number of aliphatic imine (C=N–C) groups is 1. The van der Waals surface area contributed by atoms with E-state index in [-0.39, 0.29) is 0 Å². The minimum atomic E-state index is -3.25. The van der Waals surface area contributed by atoms with Gasteiger partial charge in [-0.15, -0.1) is 0 Å². The van der Waals surface area contributed by atoms with Gasteiger partial charge in [-0.1, -0.05) is 12.1 Å². The molecule has 0 saturated heterocycles. The van der Waals surface area contributed by atoms with Crippen molar-refractivity contribution >= 4 is 32.7 Å². The molecule has 0 unspecified atom stereocenters. The highest BCUT2D eigenvalue weighted by molar-refractivity contribution is 7.90. The normalized spacial score (nSPS) is 13.0. The Hall–Kier alpha value is -3.19. The van der Waals surface area contributed by atoms with Crippen molar-refractivity contribution in [3.8, 4) is 0 Å². The quantitative estimate of drug-likeness (QED) is 0.700. The van der Waals surface area contributed by atoms with Crippen LogP contribution in [0.1, 0.15) is 16.7 Å². The van der Waals surface area contributed by atoms with Crippen LogP contribution in [0.15, 0.2) is 70.7 Å². The first kappa shape index (κ1) is 19.1. The van der Waals surface area contributed by atoms with Crippen LogP contribution < -0.4 is 10.2 Å². The average Bonchev–Trinajstić information content (AvgIpc) is 3.11. The summed E-state index contributed by atoms with van der Waals surface area (Å²) in [5, 5.41) is 3.31. The van der Waals surface area contributed by atoms with Crippen LogP contribution in [0.5, 0.6) is 0 Å². The number of rotatable bonds is 5. The average molecular weight is 407 g/mol. The maximum atomic E-state index is 11.8. The summed E-state index contributed by atoms with van der Waals surface area (Å²) in [7, 11) is 0.671. The zero-order chi connectivity index (χ0) is 20.6. The molecule has 0 fully saturated rings. The van der Waals surface area contributed by atoms with Crippen molar-refractivity contribution in [3.63, 3.8) is 0 Å². The lowest BCUT2D eigenvalue weighted by atomic mass is 10.00. The van der Waals surface area contributed by atoms with Crippen LogP contribution in [0.25, 0.3) is 0 Å². The van der Waals surface area contributed by atoms with Crippen LogP contribution in [0.3, 0.4) is 0 Å². The van der Waals surface area contributed by atoms with Gasteiger partial charge in [0.2, 0.25) is 0 Å². The van der Waals surface area contributed by atoms with Crippen molar-refractivity contribution in [2.24, 2.45) is 4.99 Å². The first-order valence-corrected chi connectivity index (χ1v) is 11.1. The maximum absolute atomic E-state index is 11.8. The summed E-state index contributed by atoms with van der Waals surface area (Å²) in [6.45, 7) is 0.647. The van der Waals surface area contributed by atoms with Crippen LogP contribution in [-0.4, -0.2) is 39.5 Å². The molecule has 0 spiro atoms. The second-order valence-electron chi connectivity index (χ2n) is 7.26. The molecule has 0 amide bonds. The Morgan fingerprint density at radius 3 is 2.55 bits per heavy atom. The molecule has 1 aliphatic heterocycles. The van der Waals surface area contributed by atoms with E-state index in [0.717, 1.165) is 34.0 Å². The number of pyridine rings is 1. The molecule has 0 radical (unpaired) electrons. The van der Waals surface area contributed by atoms with Crippen molar-refractivity contribution in [2.45, 2.75) is 11.4 Å². The standard InChI is InChI=1S/C22H22N4O2S/c1-26(2)21-11-15(9-10-23-21)22-20-13-18(8-7-16(20)14-24-22)25-17-5-4-6-19(12-17)29(3,27)28/h4-13,25H,14H2,1-3H3. The molecule has 7 heteroatoms. The Balaban J connectivity index is 1.65. The fraction of sp³-hybridized carbons (Fsp3) is 0.182. The van der Waals surface area contributed by atoms with Crippen LogP contribution >= 0.6 is 0 Å². The fourth-order valence-corrected chi connectivity index (χ4v) is 3.96. The molecule has 2 heterocycles. The van der Waals surface area contributed by atoms with Crippen LogP contribution in [-0.2, 0) is 16.4 Å². The van der Waals surface area contributed by atoms with Gasteiger partial charge in [0.05, 0.1) is 17.2 Å². The number of fused-ring (bicyclic) bond motifs is 1. The smallest absolute Gasteiger partial charge is 0.175 e. The molecule has 0 atom stereocenters. The van der Waals surface area contributed by atoms with Gasteiger partial charge in [-0.25, -0.2) is 13.4 Å². The number of benzene rings is 2. The number of sulfone groups is 1. The third-order valence-corrected chi connectivity index (χ3v) is 5.91. The van der Waals surface area contributed by atoms with Gasteiger partial charge >= 0.3 is 0 Å². The van der Waals surface area contributed by atoms with Crippen molar-refractivity contribution in [2.75, 3.05) is 30.6 Å². The zero-order valence-corrected chi connectivity index (χ0v) is 17.4. The van der Waals surface area contributed by atoms with Crippen molar-refractivity contribution in [3.05, 3.63) is 77.5 Å². The predicted molar refractivity (Wildman–Crippen MR) is 117 cm³/mol. The Morgan fingerprint density at radius 2 is 1.79 bits per heavy atom. The number of nitrogens with zero attached hydrogens (tertiary/aromatic N) is 3. The number of hydrogen-bond acceptors (Lipinski definition) is 6. The van der Waals surface area contributed by atoms with Crippen LogP contribution in [0.2, 0.25) is 0 Å². The largest absolute Gasteiger partial charge is 0.363 e. The van der Waals surface area contributed by atoms with Gasteiger partial charge in [-0.2, -0.15) is 0 Å². The Morgan fingerprint density at radius 1 is 1.00 bits per heavy atom. The molecule has 3 aromatic rings. The molecule has 4 rings (SSSR count). The molecule has 0 aliphatic carbocycles. The topological polar surface area (TPSA) is 74.7 Å². The van der Waals surface area contributed by atoms with E-state index in [1.165, 1.54) is 11.8 Å². The van der Waals surface area contributed by atoms with Gasteiger partial charge in [-0.3, -0.25) is 4.99 Å². The van der Waals surface area contributed by atoms with Crippen molar-refractivity contribution in [1.82, 2.24) is 4.98 Å². The van der Waals surface area contributed by atoms with E-state index < -0.39 is 9.84 Å². The Kier molecular flexibility index (Phi) is 4.84. The summed E-state index contributed by atoms with van der Waals surface area (Å²) >= 11 is 0. The first-order valence-electron chi connectivity index (χ1n) is 9.20. The lowest BCUT2D eigenvalue weighted by molar-refractivity contribution is 0.602. The lowest BCUT2D eigenvalue weighted by Gasteiger charge is -2.13. The Bertz CT molecular complexity index is 1220. The summed E-state index contributed by atoms with van der Waals surface area (Å²) in [5.74, 6) is 0.880. The SMILES string of the molecule is CN(C)c1cc(C2=NCc3ccc(Nc4cccc(S(C)(=O)=O)c4)cc32)ccn1. The molecule has 1 aromatic heterocycles. The predicted octanol–water partition coefficient (Wildman–Crippen LogP) is 3.65. The lowest BCUT2D eigenvalue weighted by Crippen LogP contribution is -2.12. The number of hydrogen-bond donors (Lipinski definition) is 1. The van der Waals surface area contributed by atoms with Gasteiger partial charge in [0.25, 0.3) is 0 Å². The van der Waals surface area contributed by atoms with Crippen LogP contribution in [0, 0.1) is 0 Å². The summed E-state index contributed by atoms with van der Waals surface area (Å²) in [6, 6.07) is 16.9.